The number of fused-ring (bicyclic) bond motifs is 4. The molecule has 2 N–H and O–H groups in total. The van der Waals surface area contributed by atoms with Gasteiger partial charge in [0, 0.05) is 33.9 Å². The van der Waals surface area contributed by atoms with Gasteiger partial charge in [-0.05, 0) is 18.9 Å². The molecule has 1 atom stereocenters. The van der Waals surface area contributed by atoms with Gasteiger partial charge in [-0.1, -0.05) is 30.3 Å². The normalized spacial score (nSPS) is 25.8. The molecular weight excluding hydrogens is 300 g/mol. The molecule has 2 aromatic rings. The first-order valence-corrected chi connectivity index (χ1v) is 9.37. The van der Waals surface area contributed by atoms with E-state index in [1.165, 1.54) is 22.6 Å². The number of oxime groups is 1. The van der Waals surface area contributed by atoms with Gasteiger partial charge in [-0.15, -0.1) is 23.5 Å². The molecule has 1 aliphatic carbocycles. The van der Waals surface area contributed by atoms with Crippen LogP contribution in [-0.4, -0.2) is 27.4 Å². The molecule has 3 nitrogen and oxygen atoms in total. The maximum Gasteiger partial charge on any atom is 0.102 e. The number of aromatic amines is 1. The van der Waals surface area contributed by atoms with E-state index in [0.717, 1.165) is 29.6 Å². The van der Waals surface area contributed by atoms with Gasteiger partial charge >= 0.3 is 0 Å². The second-order valence-electron chi connectivity index (χ2n) is 5.66. The Hall–Kier alpha value is -1.07. The minimum atomic E-state index is 0.114. The molecule has 1 unspecified atom stereocenters. The average molecular weight is 318 g/mol. The van der Waals surface area contributed by atoms with Crippen molar-refractivity contribution in [2.24, 2.45) is 11.1 Å². The molecule has 0 saturated carbocycles. The van der Waals surface area contributed by atoms with Crippen LogP contribution in [0.3, 0.4) is 0 Å². The SMILES string of the molecule is CCC1CC2(SCCS2)c2[nH]c3ccccc3c2/C1=N/O. The van der Waals surface area contributed by atoms with Gasteiger partial charge in [0.05, 0.1) is 11.4 Å². The average Bonchev–Trinajstić information content (AvgIpc) is 3.13. The molecule has 0 radical (unpaired) electrons. The Labute approximate surface area is 132 Å². The van der Waals surface area contributed by atoms with Crippen molar-refractivity contribution >= 4 is 40.1 Å². The minimum absolute atomic E-state index is 0.114. The molecular formula is C16H18N2OS2. The lowest BCUT2D eigenvalue weighted by Gasteiger charge is -2.36. The van der Waals surface area contributed by atoms with Gasteiger partial charge in [-0.25, -0.2) is 0 Å². The molecule has 110 valence electrons. The number of nitrogens with one attached hydrogen (secondary N) is 1. The number of hydrogen-bond donors (Lipinski definition) is 2. The molecule has 1 spiro atoms. The number of nitrogens with zero attached hydrogens (tertiary/aromatic N) is 1. The van der Waals surface area contributed by atoms with Gasteiger partial charge in [-0.3, -0.25) is 0 Å². The summed E-state index contributed by atoms with van der Waals surface area (Å²) in [6, 6.07) is 8.36. The monoisotopic (exact) mass is 318 g/mol. The first-order valence-electron chi connectivity index (χ1n) is 7.40. The molecule has 2 heterocycles. The Bertz CT molecular complexity index is 716. The Morgan fingerprint density at radius 1 is 1.33 bits per heavy atom. The number of rotatable bonds is 1. The van der Waals surface area contributed by atoms with E-state index in [0.29, 0.717) is 5.92 Å². The third-order valence-electron chi connectivity index (χ3n) is 4.60. The van der Waals surface area contributed by atoms with E-state index in [9.17, 15) is 5.21 Å². The van der Waals surface area contributed by atoms with Crippen molar-refractivity contribution in [1.82, 2.24) is 4.98 Å². The molecule has 1 saturated heterocycles. The second kappa shape index (κ2) is 4.99. The van der Waals surface area contributed by atoms with Crippen LogP contribution in [0.25, 0.3) is 10.9 Å². The number of aromatic nitrogens is 1. The summed E-state index contributed by atoms with van der Waals surface area (Å²) in [5, 5.41) is 14.5. The summed E-state index contributed by atoms with van der Waals surface area (Å²) >= 11 is 4.10. The highest BCUT2D eigenvalue weighted by Crippen LogP contribution is 2.59. The number of benzene rings is 1. The number of hydrogen-bond acceptors (Lipinski definition) is 4. The highest BCUT2D eigenvalue weighted by Gasteiger charge is 2.48. The van der Waals surface area contributed by atoms with Crippen molar-refractivity contribution in [2.45, 2.75) is 23.8 Å². The highest BCUT2D eigenvalue weighted by molar-refractivity contribution is 8.20. The topological polar surface area (TPSA) is 48.4 Å². The van der Waals surface area contributed by atoms with Gasteiger partial charge < -0.3 is 10.2 Å². The molecule has 2 aliphatic rings. The van der Waals surface area contributed by atoms with Gasteiger partial charge in [0.15, 0.2) is 0 Å². The zero-order chi connectivity index (χ0) is 14.4. The van der Waals surface area contributed by atoms with Crippen LogP contribution in [0.4, 0.5) is 0 Å². The van der Waals surface area contributed by atoms with Gasteiger partial charge in [0.25, 0.3) is 0 Å². The van der Waals surface area contributed by atoms with Crippen molar-refractivity contribution in [3.05, 3.63) is 35.5 Å². The Morgan fingerprint density at radius 3 is 2.81 bits per heavy atom. The Kier molecular flexibility index (Phi) is 3.23. The molecule has 21 heavy (non-hydrogen) atoms. The third-order valence-corrected chi connectivity index (χ3v) is 8.06. The van der Waals surface area contributed by atoms with Crippen molar-refractivity contribution in [3.8, 4) is 0 Å². The summed E-state index contributed by atoms with van der Waals surface area (Å²) < 4.78 is 0.114. The van der Waals surface area contributed by atoms with Crippen LogP contribution in [0, 0.1) is 5.92 Å². The summed E-state index contributed by atoms with van der Waals surface area (Å²) in [4.78, 5) is 3.62. The van der Waals surface area contributed by atoms with Crippen LogP contribution < -0.4 is 0 Å². The first kappa shape index (κ1) is 13.6. The molecule has 1 fully saturated rings. The zero-order valence-corrected chi connectivity index (χ0v) is 13.6. The van der Waals surface area contributed by atoms with Crippen LogP contribution >= 0.6 is 23.5 Å². The van der Waals surface area contributed by atoms with E-state index in [1.807, 2.05) is 0 Å². The summed E-state index contributed by atoms with van der Waals surface area (Å²) in [7, 11) is 0. The summed E-state index contributed by atoms with van der Waals surface area (Å²) in [6.07, 6.45) is 2.07. The van der Waals surface area contributed by atoms with Crippen LogP contribution in [0.5, 0.6) is 0 Å². The fourth-order valence-electron chi connectivity index (χ4n) is 3.61. The lowest BCUT2D eigenvalue weighted by atomic mass is 9.82. The van der Waals surface area contributed by atoms with Gasteiger partial charge in [0.2, 0.25) is 0 Å². The van der Waals surface area contributed by atoms with Crippen molar-refractivity contribution in [1.29, 1.82) is 0 Å². The highest BCUT2D eigenvalue weighted by atomic mass is 32.2. The molecule has 1 aliphatic heterocycles. The van der Waals surface area contributed by atoms with E-state index >= 15 is 0 Å². The first-order chi connectivity index (χ1) is 10.3. The van der Waals surface area contributed by atoms with Crippen LogP contribution in [0.2, 0.25) is 0 Å². The van der Waals surface area contributed by atoms with Crippen molar-refractivity contribution in [2.75, 3.05) is 11.5 Å². The minimum Gasteiger partial charge on any atom is -0.411 e. The predicted octanol–water partition coefficient (Wildman–Crippen LogP) is 4.41. The van der Waals surface area contributed by atoms with Gasteiger partial charge in [0.1, 0.15) is 4.08 Å². The molecule has 0 bridgehead atoms. The molecule has 5 heteroatoms. The molecule has 1 aromatic carbocycles. The second-order valence-corrected chi connectivity index (χ2v) is 8.71. The Balaban J connectivity index is 2.03. The standard InChI is InChI=1S/C16H18N2OS2/c1-2-10-9-16(20-7-8-21-16)15-13(14(10)18-19)11-5-3-4-6-12(11)17-15/h3-6,10,17,19H,2,7-9H2,1H3/b18-14+. The van der Waals surface area contributed by atoms with Crippen LogP contribution in [0.15, 0.2) is 29.4 Å². The fourth-order valence-corrected chi connectivity index (χ4v) is 7.00. The van der Waals surface area contributed by atoms with Gasteiger partial charge in [-0.2, -0.15) is 0 Å². The van der Waals surface area contributed by atoms with E-state index < -0.39 is 0 Å². The van der Waals surface area contributed by atoms with E-state index in [1.54, 1.807) is 0 Å². The molecule has 4 rings (SSSR count). The predicted molar refractivity (Wildman–Crippen MR) is 91.6 cm³/mol. The molecule has 0 amide bonds. The quantitative estimate of drug-likeness (QED) is 0.605. The fraction of sp³-hybridized carbons (Fsp3) is 0.438. The number of H-pyrrole nitrogens is 1. The summed E-state index contributed by atoms with van der Waals surface area (Å²) in [6.45, 7) is 2.19. The maximum atomic E-state index is 9.61. The maximum absolute atomic E-state index is 9.61. The summed E-state index contributed by atoms with van der Waals surface area (Å²) in [5.74, 6) is 2.73. The third kappa shape index (κ3) is 1.87. The van der Waals surface area contributed by atoms with E-state index in [4.69, 9.17) is 0 Å². The Morgan fingerprint density at radius 2 is 2.10 bits per heavy atom. The number of para-hydroxylation sites is 1. The summed E-state index contributed by atoms with van der Waals surface area (Å²) in [5.41, 5.74) is 4.42. The van der Waals surface area contributed by atoms with Crippen LogP contribution in [-0.2, 0) is 4.08 Å². The lowest BCUT2D eigenvalue weighted by Crippen LogP contribution is -2.33. The smallest absolute Gasteiger partial charge is 0.102 e. The van der Waals surface area contributed by atoms with Crippen molar-refractivity contribution in [3.63, 3.8) is 0 Å². The van der Waals surface area contributed by atoms with Crippen molar-refractivity contribution < 1.29 is 5.21 Å². The van der Waals surface area contributed by atoms with E-state index in [-0.39, 0.29) is 4.08 Å². The molecule has 1 aromatic heterocycles. The largest absolute Gasteiger partial charge is 0.411 e. The van der Waals surface area contributed by atoms with Crippen LogP contribution in [0.1, 0.15) is 31.0 Å². The van der Waals surface area contributed by atoms with E-state index in [2.05, 4.69) is 64.9 Å². The lowest BCUT2D eigenvalue weighted by molar-refractivity contribution is 0.313. The number of thioether (sulfide) groups is 2. The zero-order valence-electron chi connectivity index (χ0n) is 11.9.